The van der Waals surface area contributed by atoms with Gasteiger partial charge in [-0.1, -0.05) is 27.2 Å². The highest BCUT2D eigenvalue weighted by atomic mass is 16.3. The van der Waals surface area contributed by atoms with E-state index >= 15 is 0 Å². The number of likely N-dealkylation sites (tertiary alicyclic amines) is 2. The molecule has 3 rings (SSSR count). The molecule has 0 aliphatic carbocycles. The fourth-order valence-corrected chi connectivity index (χ4v) is 3.64. The van der Waals surface area contributed by atoms with Crippen LogP contribution in [0.15, 0.2) is 11.0 Å². The van der Waals surface area contributed by atoms with Gasteiger partial charge >= 0.3 is 0 Å². The summed E-state index contributed by atoms with van der Waals surface area (Å²) in [7, 11) is 0. The summed E-state index contributed by atoms with van der Waals surface area (Å²) in [5.41, 5.74) is -0.662. The van der Waals surface area contributed by atoms with E-state index in [0.29, 0.717) is 12.4 Å². The number of carbonyl (C=O) groups excluding carboxylic acids is 1. The average molecular weight is 348 g/mol. The van der Waals surface area contributed by atoms with E-state index in [9.17, 15) is 14.7 Å². The second-order valence-corrected chi connectivity index (χ2v) is 8.17. The van der Waals surface area contributed by atoms with Crippen LogP contribution >= 0.6 is 0 Å². The van der Waals surface area contributed by atoms with Gasteiger partial charge in [-0.15, -0.1) is 0 Å². The molecular weight excluding hydrogens is 320 g/mol. The summed E-state index contributed by atoms with van der Waals surface area (Å²) in [6.07, 6.45) is 4.29. The normalized spacial score (nSPS) is 25.4. The van der Waals surface area contributed by atoms with Gasteiger partial charge in [-0.25, -0.2) is 4.98 Å². The Kier molecular flexibility index (Phi) is 4.97. The SMILES string of the molecule is CC(C)(C)c1ncc(C(=O)N2C[C@H](O)[C@@H](N3CCCCC3)C2)c(=O)[nH]1. The fourth-order valence-electron chi connectivity index (χ4n) is 3.64. The van der Waals surface area contributed by atoms with Crippen molar-refractivity contribution in [1.82, 2.24) is 19.8 Å². The Balaban J connectivity index is 1.74. The summed E-state index contributed by atoms with van der Waals surface area (Å²) in [5.74, 6) is 0.203. The standard InChI is InChI=1S/C18H28N4O3/c1-18(2,3)17-19-9-12(15(24)20-17)16(25)22-10-13(14(23)11-22)21-7-5-4-6-8-21/h9,13-14,23H,4-8,10-11H2,1-3H3,(H,19,20,24)/t13-,14-/m0/s1. The van der Waals surface area contributed by atoms with Gasteiger partial charge in [0, 0.05) is 24.7 Å². The number of carbonyl (C=O) groups is 1. The minimum absolute atomic E-state index is 0.0369. The lowest BCUT2D eigenvalue weighted by molar-refractivity contribution is 0.0702. The summed E-state index contributed by atoms with van der Waals surface area (Å²) in [6, 6.07) is -0.0369. The zero-order valence-electron chi connectivity index (χ0n) is 15.3. The van der Waals surface area contributed by atoms with Crippen LogP contribution in [0.2, 0.25) is 0 Å². The second-order valence-electron chi connectivity index (χ2n) is 8.17. The Bertz CT molecular complexity index is 688. The smallest absolute Gasteiger partial charge is 0.263 e. The Morgan fingerprint density at radius 1 is 1.24 bits per heavy atom. The van der Waals surface area contributed by atoms with Crippen molar-refractivity contribution >= 4 is 5.91 Å². The van der Waals surface area contributed by atoms with Crippen LogP contribution in [0.25, 0.3) is 0 Å². The van der Waals surface area contributed by atoms with Crippen molar-refractivity contribution in [2.24, 2.45) is 0 Å². The molecule has 2 aliphatic rings. The molecule has 0 bridgehead atoms. The molecular formula is C18H28N4O3. The van der Waals surface area contributed by atoms with E-state index in [0.717, 1.165) is 25.9 Å². The molecule has 1 amide bonds. The van der Waals surface area contributed by atoms with Crippen LogP contribution in [0, 0.1) is 0 Å². The van der Waals surface area contributed by atoms with E-state index in [1.807, 2.05) is 20.8 Å². The molecule has 25 heavy (non-hydrogen) atoms. The summed E-state index contributed by atoms with van der Waals surface area (Å²) >= 11 is 0. The molecule has 2 saturated heterocycles. The molecule has 2 aliphatic heterocycles. The molecule has 138 valence electrons. The quantitative estimate of drug-likeness (QED) is 0.823. The van der Waals surface area contributed by atoms with Gasteiger partial charge in [0.2, 0.25) is 0 Å². The molecule has 2 fully saturated rings. The summed E-state index contributed by atoms with van der Waals surface area (Å²) < 4.78 is 0. The monoisotopic (exact) mass is 348 g/mol. The number of hydrogen-bond donors (Lipinski definition) is 2. The molecule has 0 radical (unpaired) electrons. The lowest BCUT2D eigenvalue weighted by atomic mass is 9.96. The maximum Gasteiger partial charge on any atom is 0.263 e. The van der Waals surface area contributed by atoms with Crippen LogP contribution < -0.4 is 5.56 Å². The molecule has 0 spiro atoms. The number of β-amino-alcohol motifs (C(OH)–C–C–N with tert-alkyl or cyclic N) is 1. The third-order valence-electron chi connectivity index (χ3n) is 5.15. The highest BCUT2D eigenvalue weighted by Crippen LogP contribution is 2.22. The number of aromatic amines is 1. The van der Waals surface area contributed by atoms with Gasteiger partial charge in [-0.05, 0) is 25.9 Å². The van der Waals surface area contributed by atoms with E-state index in [1.165, 1.54) is 12.6 Å². The van der Waals surface area contributed by atoms with Crippen molar-refractivity contribution in [3.05, 3.63) is 27.9 Å². The number of nitrogens with one attached hydrogen (secondary N) is 1. The van der Waals surface area contributed by atoms with E-state index in [2.05, 4.69) is 14.9 Å². The lowest BCUT2D eigenvalue weighted by Crippen LogP contribution is -2.46. The Morgan fingerprint density at radius 3 is 2.52 bits per heavy atom. The minimum Gasteiger partial charge on any atom is -0.390 e. The van der Waals surface area contributed by atoms with Crippen molar-refractivity contribution in [3.8, 4) is 0 Å². The van der Waals surface area contributed by atoms with Gasteiger partial charge in [0.1, 0.15) is 11.4 Å². The van der Waals surface area contributed by atoms with Gasteiger partial charge in [-0.2, -0.15) is 0 Å². The van der Waals surface area contributed by atoms with Gasteiger partial charge in [0.25, 0.3) is 11.5 Å². The van der Waals surface area contributed by atoms with Gasteiger partial charge < -0.3 is 15.0 Å². The maximum atomic E-state index is 12.7. The van der Waals surface area contributed by atoms with E-state index in [-0.39, 0.29) is 29.5 Å². The second kappa shape index (κ2) is 6.88. The number of piperidine rings is 1. The van der Waals surface area contributed by atoms with Gasteiger partial charge in [-0.3, -0.25) is 14.5 Å². The maximum absolute atomic E-state index is 12.7. The van der Waals surface area contributed by atoms with Crippen molar-refractivity contribution < 1.29 is 9.90 Å². The first-order valence-electron chi connectivity index (χ1n) is 9.08. The summed E-state index contributed by atoms with van der Waals surface area (Å²) in [4.78, 5) is 35.9. The van der Waals surface area contributed by atoms with Crippen molar-refractivity contribution in [2.45, 2.75) is 57.6 Å². The summed E-state index contributed by atoms with van der Waals surface area (Å²) in [6.45, 7) is 8.51. The van der Waals surface area contributed by atoms with Crippen LogP contribution in [-0.2, 0) is 5.41 Å². The third kappa shape index (κ3) is 3.77. The largest absolute Gasteiger partial charge is 0.390 e. The minimum atomic E-state index is -0.567. The Morgan fingerprint density at radius 2 is 1.92 bits per heavy atom. The van der Waals surface area contributed by atoms with Gasteiger partial charge in [0.15, 0.2) is 0 Å². The number of aliphatic hydroxyl groups is 1. The predicted molar refractivity (Wildman–Crippen MR) is 94.7 cm³/mol. The number of hydrogen-bond acceptors (Lipinski definition) is 5. The number of nitrogens with zero attached hydrogens (tertiary/aromatic N) is 3. The van der Waals surface area contributed by atoms with Crippen LogP contribution in [0.4, 0.5) is 0 Å². The lowest BCUT2D eigenvalue weighted by Gasteiger charge is -2.33. The number of aromatic nitrogens is 2. The van der Waals surface area contributed by atoms with E-state index < -0.39 is 11.7 Å². The molecule has 2 atom stereocenters. The average Bonchev–Trinajstić information content (AvgIpc) is 2.96. The fraction of sp³-hybridized carbons (Fsp3) is 0.722. The molecule has 1 aromatic heterocycles. The van der Waals surface area contributed by atoms with Crippen LogP contribution in [0.3, 0.4) is 0 Å². The highest BCUT2D eigenvalue weighted by Gasteiger charge is 2.38. The molecule has 3 heterocycles. The molecule has 7 nitrogen and oxygen atoms in total. The van der Waals surface area contributed by atoms with Crippen molar-refractivity contribution in [1.29, 1.82) is 0 Å². The first-order chi connectivity index (χ1) is 11.8. The molecule has 1 aromatic rings. The molecule has 0 aromatic carbocycles. The first-order valence-corrected chi connectivity index (χ1v) is 9.08. The van der Waals surface area contributed by atoms with Crippen LogP contribution in [0.1, 0.15) is 56.2 Å². The zero-order chi connectivity index (χ0) is 18.2. The van der Waals surface area contributed by atoms with Gasteiger partial charge in [0.05, 0.1) is 12.1 Å². The first kappa shape index (κ1) is 18.1. The van der Waals surface area contributed by atoms with Crippen molar-refractivity contribution in [2.75, 3.05) is 26.2 Å². The highest BCUT2D eigenvalue weighted by molar-refractivity contribution is 5.93. The number of aliphatic hydroxyl groups excluding tert-OH is 1. The molecule has 0 unspecified atom stereocenters. The van der Waals surface area contributed by atoms with Crippen LogP contribution in [0.5, 0.6) is 0 Å². The Hall–Kier alpha value is -1.73. The predicted octanol–water partition coefficient (Wildman–Crippen LogP) is 0.739. The summed E-state index contributed by atoms with van der Waals surface area (Å²) in [5, 5.41) is 10.4. The Labute approximate surface area is 148 Å². The number of rotatable bonds is 2. The third-order valence-corrected chi connectivity index (χ3v) is 5.15. The number of H-pyrrole nitrogens is 1. The van der Waals surface area contributed by atoms with E-state index in [4.69, 9.17) is 0 Å². The topological polar surface area (TPSA) is 89.5 Å². The molecule has 7 heteroatoms. The molecule has 0 saturated carbocycles. The van der Waals surface area contributed by atoms with Crippen molar-refractivity contribution in [3.63, 3.8) is 0 Å². The van der Waals surface area contributed by atoms with E-state index in [1.54, 1.807) is 4.90 Å². The zero-order valence-corrected chi connectivity index (χ0v) is 15.3. The number of amides is 1. The molecule has 2 N–H and O–H groups in total. The van der Waals surface area contributed by atoms with Crippen LogP contribution in [-0.4, -0.2) is 69.1 Å².